The number of amides is 1. The van der Waals surface area contributed by atoms with Crippen molar-refractivity contribution in [1.29, 1.82) is 0 Å². The number of hydrogen-bond acceptors (Lipinski definition) is 6. The first-order valence-corrected chi connectivity index (χ1v) is 9.42. The number of nitrogens with one attached hydrogen (secondary N) is 1. The smallest absolute Gasteiger partial charge is 0.269 e. The summed E-state index contributed by atoms with van der Waals surface area (Å²) in [6, 6.07) is 16.3. The van der Waals surface area contributed by atoms with Gasteiger partial charge < -0.3 is 4.57 Å². The second-order valence-electron chi connectivity index (χ2n) is 6.25. The van der Waals surface area contributed by atoms with Crippen molar-refractivity contribution in [2.24, 2.45) is 0 Å². The molecule has 1 N–H and O–H groups in total. The number of nitro groups is 1. The van der Waals surface area contributed by atoms with Gasteiger partial charge in [-0.2, -0.15) is 0 Å². The minimum Gasteiger partial charge on any atom is -0.310 e. The molecule has 1 amide bonds. The first-order chi connectivity index (χ1) is 14.0. The van der Waals surface area contributed by atoms with E-state index in [0.717, 1.165) is 10.2 Å². The zero-order valence-electron chi connectivity index (χ0n) is 14.9. The lowest BCUT2D eigenvalue weighted by Crippen LogP contribution is -2.22. The Hall–Kier alpha value is -3.85. The number of nitrogens with zero attached hydrogens (tertiary/aromatic N) is 3. The number of pyridine rings is 1. The van der Waals surface area contributed by atoms with Crippen molar-refractivity contribution in [2.45, 2.75) is 6.54 Å². The fraction of sp³-hybridized carbons (Fsp3) is 0.0500. The topological polar surface area (TPSA) is 107 Å². The Morgan fingerprint density at radius 3 is 2.76 bits per heavy atom. The molecule has 0 aliphatic carbocycles. The molecule has 0 aliphatic rings. The van der Waals surface area contributed by atoms with Gasteiger partial charge in [0.2, 0.25) is 0 Å². The highest BCUT2D eigenvalue weighted by Crippen LogP contribution is 2.25. The van der Waals surface area contributed by atoms with E-state index in [4.69, 9.17) is 0 Å². The van der Waals surface area contributed by atoms with Gasteiger partial charge in [-0.25, -0.2) is 4.98 Å². The van der Waals surface area contributed by atoms with Crippen molar-refractivity contribution in [3.63, 3.8) is 0 Å². The number of thiazole rings is 1. The van der Waals surface area contributed by atoms with Crippen molar-refractivity contribution in [3.05, 3.63) is 98.5 Å². The van der Waals surface area contributed by atoms with Gasteiger partial charge in [-0.1, -0.05) is 35.6 Å². The standard InChI is InChI=1S/C20H14N4O4S/c25-18-9-8-14(12-23(18)11-13-4-3-5-15(10-13)24(27)28)19(26)22-20-21-16-6-1-2-7-17(16)29-20/h1-10,12H,11H2,(H,21,22,26). The molecule has 0 aliphatic heterocycles. The van der Waals surface area contributed by atoms with Gasteiger partial charge in [0, 0.05) is 24.4 Å². The summed E-state index contributed by atoms with van der Waals surface area (Å²) < 4.78 is 2.30. The summed E-state index contributed by atoms with van der Waals surface area (Å²) in [5, 5.41) is 14.1. The number of fused-ring (bicyclic) bond motifs is 1. The summed E-state index contributed by atoms with van der Waals surface area (Å²) >= 11 is 1.36. The molecule has 2 aromatic carbocycles. The van der Waals surface area contributed by atoms with Crippen molar-refractivity contribution in [3.8, 4) is 0 Å². The average Bonchev–Trinajstić information content (AvgIpc) is 3.12. The molecule has 144 valence electrons. The molecule has 4 aromatic rings. The van der Waals surface area contributed by atoms with E-state index in [1.165, 1.54) is 46.4 Å². The molecule has 0 bridgehead atoms. The number of carbonyl (C=O) groups excluding carboxylic acids is 1. The maximum atomic E-state index is 12.6. The first kappa shape index (κ1) is 18.5. The van der Waals surface area contributed by atoms with Crippen LogP contribution in [0.3, 0.4) is 0 Å². The lowest BCUT2D eigenvalue weighted by atomic mass is 10.2. The molecule has 9 heteroatoms. The Balaban J connectivity index is 1.57. The minimum atomic E-state index is -0.492. The second-order valence-corrected chi connectivity index (χ2v) is 7.28. The minimum absolute atomic E-state index is 0.0553. The summed E-state index contributed by atoms with van der Waals surface area (Å²) in [5.41, 5.74) is 1.30. The van der Waals surface area contributed by atoms with Gasteiger partial charge >= 0.3 is 0 Å². The van der Waals surface area contributed by atoms with E-state index in [1.807, 2.05) is 24.3 Å². The molecule has 29 heavy (non-hydrogen) atoms. The summed E-state index contributed by atoms with van der Waals surface area (Å²) in [7, 11) is 0. The van der Waals surface area contributed by atoms with Crippen molar-refractivity contribution in [1.82, 2.24) is 9.55 Å². The number of carbonyl (C=O) groups is 1. The quantitative estimate of drug-likeness (QED) is 0.402. The van der Waals surface area contributed by atoms with E-state index in [9.17, 15) is 19.7 Å². The average molecular weight is 406 g/mol. The third kappa shape index (κ3) is 4.04. The van der Waals surface area contributed by atoms with E-state index >= 15 is 0 Å². The zero-order chi connectivity index (χ0) is 20.4. The van der Waals surface area contributed by atoms with Crippen molar-refractivity contribution < 1.29 is 9.72 Å². The SMILES string of the molecule is O=C(Nc1nc2ccccc2s1)c1ccc(=O)n(Cc2cccc([N+](=O)[O-])c2)c1. The van der Waals surface area contributed by atoms with Gasteiger partial charge in [-0.15, -0.1) is 0 Å². The van der Waals surface area contributed by atoms with Crippen LogP contribution in [0.25, 0.3) is 10.2 Å². The number of nitro benzene ring substituents is 1. The van der Waals surface area contributed by atoms with E-state index in [0.29, 0.717) is 10.7 Å². The second kappa shape index (κ2) is 7.64. The van der Waals surface area contributed by atoms with Gasteiger partial charge in [0.25, 0.3) is 17.2 Å². The summed E-state index contributed by atoms with van der Waals surface area (Å²) in [4.78, 5) is 39.6. The zero-order valence-corrected chi connectivity index (χ0v) is 15.8. The van der Waals surface area contributed by atoms with Crippen molar-refractivity contribution in [2.75, 3.05) is 5.32 Å². The molecule has 0 saturated carbocycles. The molecule has 4 rings (SSSR count). The van der Waals surface area contributed by atoms with Crippen LogP contribution in [0.15, 0.2) is 71.7 Å². The predicted octanol–water partition coefficient (Wildman–Crippen LogP) is 3.67. The van der Waals surface area contributed by atoms with Crippen LogP contribution >= 0.6 is 11.3 Å². The van der Waals surface area contributed by atoms with Crippen LogP contribution in [0, 0.1) is 10.1 Å². The third-order valence-electron chi connectivity index (χ3n) is 4.23. The number of anilines is 1. The summed E-state index contributed by atoms with van der Waals surface area (Å²) in [6.45, 7) is 0.114. The monoisotopic (exact) mass is 406 g/mol. The molecule has 0 radical (unpaired) electrons. The molecule has 8 nitrogen and oxygen atoms in total. The van der Waals surface area contributed by atoms with Crippen LogP contribution in [-0.2, 0) is 6.54 Å². The highest BCUT2D eigenvalue weighted by atomic mass is 32.1. The molecule has 0 fully saturated rings. The number of para-hydroxylation sites is 1. The number of hydrogen-bond donors (Lipinski definition) is 1. The highest BCUT2D eigenvalue weighted by Gasteiger charge is 2.12. The fourth-order valence-electron chi connectivity index (χ4n) is 2.85. The Labute approximate surface area is 168 Å². The van der Waals surface area contributed by atoms with Crippen LogP contribution < -0.4 is 10.9 Å². The van der Waals surface area contributed by atoms with Gasteiger partial charge in [0.1, 0.15) is 0 Å². The van der Waals surface area contributed by atoms with Gasteiger partial charge in [0.05, 0.1) is 27.2 Å². The van der Waals surface area contributed by atoms with Gasteiger partial charge in [0.15, 0.2) is 5.13 Å². The van der Waals surface area contributed by atoms with Crippen LogP contribution in [0.2, 0.25) is 0 Å². The van der Waals surface area contributed by atoms with Gasteiger partial charge in [-0.3, -0.25) is 25.0 Å². The third-order valence-corrected chi connectivity index (χ3v) is 5.19. The normalized spacial score (nSPS) is 10.8. The number of aromatic nitrogens is 2. The van der Waals surface area contributed by atoms with E-state index in [-0.39, 0.29) is 23.4 Å². The number of benzene rings is 2. The van der Waals surface area contributed by atoms with Crippen LogP contribution in [-0.4, -0.2) is 20.4 Å². The van der Waals surface area contributed by atoms with Crippen LogP contribution in [0.5, 0.6) is 0 Å². The van der Waals surface area contributed by atoms with Gasteiger partial charge in [-0.05, 0) is 23.8 Å². The predicted molar refractivity (Wildman–Crippen MR) is 110 cm³/mol. The summed E-state index contributed by atoms with van der Waals surface area (Å²) in [6.07, 6.45) is 1.43. The Bertz CT molecular complexity index is 1260. The Kier molecular flexibility index (Phi) is 4.88. The summed E-state index contributed by atoms with van der Waals surface area (Å²) in [5.74, 6) is -0.392. The molecule has 2 heterocycles. The highest BCUT2D eigenvalue weighted by molar-refractivity contribution is 7.22. The largest absolute Gasteiger partial charge is 0.310 e. The van der Waals surface area contributed by atoms with Crippen molar-refractivity contribution >= 4 is 38.3 Å². The van der Waals surface area contributed by atoms with E-state index < -0.39 is 10.8 Å². The Morgan fingerprint density at radius 2 is 1.97 bits per heavy atom. The first-order valence-electron chi connectivity index (χ1n) is 8.60. The molecule has 2 aromatic heterocycles. The molecule has 0 spiro atoms. The molecule has 0 saturated heterocycles. The number of non-ortho nitro benzene ring substituents is 1. The molecule has 0 unspecified atom stereocenters. The van der Waals surface area contributed by atoms with Crippen LogP contribution in [0.1, 0.15) is 15.9 Å². The van der Waals surface area contributed by atoms with E-state index in [1.54, 1.807) is 12.1 Å². The molecular weight excluding hydrogens is 392 g/mol. The lowest BCUT2D eigenvalue weighted by molar-refractivity contribution is -0.384. The number of rotatable bonds is 5. The maximum absolute atomic E-state index is 12.6. The van der Waals surface area contributed by atoms with E-state index in [2.05, 4.69) is 10.3 Å². The van der Waals surface area contributed by atoms with Crippen LogP contribution in [0.4, 0.5) is 10.8 Å². The molecular formula is C20H14N4O4S. The Morgan fingerprint density at radius 1 is 1.14 bits per heavy atom. The molecule has 0 atom stereocenters. The lowest BCUT2D eigenvalue weighted by Gasteiger charge is -2.08. The maximum Gasteiger partial charge on any atom is 0.269 e. The fourth-order valence-corrected chi connectivity index (χ4v) is 3.71.